The molecule has 0 radical (unpaired) electrons. The van der Waals surface area contributed by atoms with E-state index in [1.807, 2.05) is 22.9 Å². The number of aryl methyl sites for hydroxylation is 2. The van der Waals surface area contributed by atoms with Crippen molar-refractivity contribution in [2.45, 2.75) is 85.7 Å². The first-order chi connectivity index (χ1) is 15.8. The summed E-state index contributed by atoms with van der Waals surface area (Å²) in [5.41, 5.74) is 3.42. The number of imidazole rings is 1. The molecule has 0 saturated heterocycles. The lowest BCUT2D eigenvalue weighted by Gasteiger charge is -2.42. The number of nitrogens with zero attached hydrogens (tertiary/aromatic N) is 4. The summed E-state index contributed by atoms with van der Waals surface area (Å²) >= 11 is 1.57. The van der Waals surface area contributed by atoms with Gasteiger partial charge >= 0.3 is 5.69 Å². The number of thiazole rings is 1. The van der Waals surface area contributed by atoms with Crippen molar-refractivity contribution < 1.29 is 4.79 Å². The molecule has 1 saturated carbocycles. The van der Waals surface area contributed by atoms with E-state index in [2.05, 4.69) is 51.0 Å². The van der Waals surface area contributed by atoms with Gasteiger partial charge in [-0.2, -0.15) is 0 Å². The minimum Gasteiger partial charge on any atom is -0.352 e. The molecule has 8 heteroatoms. The molecule has 1 aliphatic rings. The Kier molecular flexibility index (Phi) is 6.48. The predicted octanol–water partition coefficient (Wildman–Crippen LogP) is 4.57. The molecule has 0 spiro atoms. The maximum absolute atomic E-state index is 12.9. The van der Waals surface area contributed by atoms with Crippen molar-refractivity contribution in [3.63, 3.8) is 0 Å². The van der Waals surface area contributed by atoms with Crippen LogP contribution in [-0.4, -0.2) is 31.1 Å². The molecule has 4 rings (SSSR count). The number of carbonyl (C=O) groups is 1. The van der Waals surface area contributed by atoms with E-state index in [-0.39, 0.29) is 34.4 Å². The van der Waals surface area contributed by atoms with E-state index in [9.17, 15) is 9.59 Å². The fraction of sp³-hybridized carbons (Fsp3) is 0.615. The molecule has 1 fully saturated rings. The second-order valence-electron chi connectivity index (χ2n) is 11.7. The Morgan fingerprint density at radius 1 is 1.26 bits per heavy atom. The van der Waals surface area contributed by atoms with E-state index >= 15 is 0 Å². The molecular formula is C26H37N5O2S. The van der Waals surface area contributed by atoms with E-state index in [0.717, 1.165) is 46.8 Å². The second kappa shape index (κ2) is 8.95. The molecule has 34 heavy (non-hydrogen) atoms. The Labute approximate surface area is 205 Å². The molecule has 0 aromatic carbocycles. The number of fused-ring (bicyclic) bond motifs is 1. The van der Waals surface area contributed by atoms with Crippen LogP contribution in [0, 0.1) is 17.8 Å². The highest BCUT2D eigenvalue weighted by Crippen LogP contribution is 2.42. The Bertz CT molecular complexity index is 1260. The zero-order valence-corrected chi connectivity index (χ0v) is 22.3. The molecule has 1 amide bonds. The Balaban J connectivity index is 1.55. The largest absolute Gasteiger partial charge is 0.352 e. The van der Waals surface area contributed by atoms with Crippen LogP contribution in [0.15, 0.2) is 22.3 Å². The molecule has 1 aliphatic carbocycles. The van der Waals surface area contributed by atoms with Crippen LogP contribution in [0.25, 0.3) is 11.2 Å². The van der Waals surface area contributed by atoms with Gasteiger partial charge in [-0.25, -0.2) is 14.8 Å². The molecule has 0 aliphatic heterocycles. The fourth-order valence-electron chi connectivity index (χ4n) is 5.01. The Morgan fingerprint density at radius 3 is 2.65 bits per heavy atom. The molecule has 0 bridgehead atoms. The molecule has 2 atom stereocenters. The smallest absolute Gasteiger partial charge is 0.330 e. The van der Waals surface area contributed by atoms with Crippen LogP contribution in [0.4, 0.5) is 0 Å². The normalized spacial score (nSPS) is 20.6. The van der Waals surface area contributed by atoms with Crippen molar-refractivity contribution in [2.75, 3.05) is 0 Å². The van der Waals surface area contributed by atoms with Gasteiger partial charge in [-0.3, -0.25) is 13.9 Å². The average Bonchev–Trinajstić information content (AvgIpc) is 3.24. The highest BCUT2D eigenvalue weighted by Gasteiger charge is 2.38. The maximum Gasteiger partial charge on any atom is 0.330 e. The summed E-state index contributed by atoms with van der Waals surface area (Å²) in [5, 5.41) is 6.23. The van der Waals surface area contributed by atoms with Gasteiger partial charge in [0.1, 0.15) is 0 Å². The lowest BCUT2D eigenvalue weighted by atomic mass is 9.68. The van der Waals surface area contributed by atoms with E-state index in [0.29, 0.717) is 13.0 Å². The number of hydrogen-bond donors (Lipinski definition) is 1. The second-order valence-corrected chi connectivity index (χ2v) is 12.7. The zero-order chi connectivity index (χ0) is 24.8. The van der Waals surface area contributed by atoms with Gasteiger partial charge in [0.05, 0.1) is 22.6 Å². The van der Waals surface area contributed by atoms with Crippen LogP contribution in [0.3, 0.4) is 0 Å². The summed E-state index contributed by atoms with van der Waals surface area (Å²) < 4.78 is 3.49. The molecular weight excluding hydrogens is 446 g/mol. The number of amides is 1. The van der Waals surface area contributed by atoms with E-state index < -0.39 is 0 Å². The standard InChI is InChI=1S/C26H37N5O2S/c1-16-27-18(14-34-16)13-22(32)29-21-12-17(10-11-26(21,5)6)19-8-9-20-23(28-19)30(7)24(33)31(20)15-25(2,3)4/h8-9,14,17,21H,10-13,15H2,1-7H3,(H,29,32). The Hall–Kier alpha value is -2.48. The third-order valence-corrected chi connectivity index (χ3v) is 7.82. The van der Waals surface area contributed by atoms with Crippen molar-refractivity contribution >= 4 is 28.4 Å². The van der Waals surface area contributed by atoms with Gasteiger partial charge in [-0.15, -0.1) is 11.3 Å². The molecule has 184 valence electrons. The summed E-state index contributed by atoms with van der Waals surface area (Å²) in [6.45, 7) is 13.5. The molecule has 3 heterocycles. The third kappa shape index (κ3) is 5.11. The van der Waals surface area contributed by atoms with Gasteiger partial charge in [0.25, 0.3) is 0 Å². The van der Waals surface area contributed by atoms with Gasteiger partial charge in [0.2, 0.25) is 5.91 Å². The summed E-state index contributed by atoms with van der Waals surface area (Å²) in [5.74, 6) is 0.263. The number of pyridine rings is 1. The fourth-order valence-corrected chi connectivity index (χ4v) is 5.62. The van der Waals surface area contributed by atoms with Gasteiger partial charge in [-0.05, 0) is 49.1 Å². The van der Waals surface area contributed by atoms with E-state index in [1.54, 1.807) is 23.0 Å². The summed E-state index contributed by atoms with van der Waals surface area (Å²) in [4.78, 5) is 35.1. The summed E-state index contributed by atoms with van der Waals surface area (Å²) in [6, 6.07) is 4.18. The number of aromatic nitrogens is 4. The van der Waals surface area contributed by atoms with Crippen LogP contribution >= 0.6 is 11.3 Å². The minimum atomic E-state index is -0.0261. The number of hydrogen-bond acceptors (Lipinski definition) is 5. The van der Waals surface area contributed by atoms with Crippen LogP contribution < -0.4 is 11.0 Å². The highest BCUT2D eigenvalue weighted by molar-refractivity contribution is 7.09. The quantitative estimate of drug-likeness (QED) is 0.576. The van der Waals surface area contributed by atoms with Crippen molar-refractivity contribution in [3.05, 3.63) is 44.4 Å². The first-order valence-electron chi connectivity index (χ1n) is 12.1. The number of carbonyl (C=O) groups excluding carboxylic acids is 1. The van der Waals surface area contributed by atoms with Gasteiger partial charge in [0.15, 0.2) is 5.65 Å². The summed E-state index contributed by atoms with van der Waals surface area (Å²) in [7, 11) is 1.80. The van der Waals surface area contributed by atoms with Crippen molar-refractivity contribution in [1.29, 1.82) is 0 Å². The first kappa shape index (κ1) is 24.6. The molecule has 2 unspecified atom stereocenters. The number of rotatable bonds is 5. The van der Waals surface area contributed by atoms with Gasteiger partial charge < -0.3 is 5.32 Å². The SMILES string of the molecule is Cc1nc(CC(=O)NC2CC(c3ccc4c(n3)n(C)c(=O)n4CC(C)(C)C)CCC2(C)C)cs1. The van der Waals surface area contributed by atoms with Crippen molar-refractivity contribution in [3.8, 4) is 0 Å². The maximum atomic E-state index is 12.9. The average molecular weight is 484 g/mol. The summed E-state index contributed by atoms with van der Waals surface area (Å²) in [6.07, 6.45) is 3.17. The Morgan fingerprint density at radius 2 is 2.00 bits per heavy atom. The van der Waals surface area contributed by atoms with E-state index in [1.165, 1.54) is 0 Å². The lowest BCUT2D eigenvalue weighted by Crippen LogP contribution is -2.48. The first-order valence-corrected chi connectivity index (χ1v) is 13.0. The van der Waals surface area contributed by atoms with Crippen LogP contribution in [0.1, 0.15) is 76.2 Å². The van der Waals surface area contributed by atoms with E-state index in [4.69, 9.17) is 4.98 Å². The zero-order valence-electron chi connectivity index (χ0n) is 21.4. The molecule has 1 N–H and O–H groups in total. The topological polar surface area (TPSA) is 81.8 Å². The number of nitrogens with one attached hydrogen (secondary N) is 1. The van der Waals surface area contributed by atoms with Crippen LogP contribution in [0.2, 0.25) is 0 Å². The lowest BCUT2D eigenvalue weighted by molar-refractivity contribution is -0.122. The van der Waals surface area contributed by atoms with Crippen LogP contribution in [0.5, 0.6) is 0 Å². The predicted molar refractivity (Wildman–Crippen MR) is 137 cm³/mol. The minimum absolute atomic E-state index is 0.00555. The third-order valence-electron chi connectivity index (χ3n) is 7.00. The van der Waals surface area contributed by atoms with Crippen molar-refractivity contribution in [1.82, 2.24) is 24.4 Å². The molecule has 3 aromatic rings. The van der Waals surface area contributed by atoms with Crippen LogP contribution in [-0.2, 0) is 24.8 Å². The monoisotopic (exact) mass is 483 g/mol. The van der Waals surface area contributed by atoms with Gasteiger partial charge in [0, 0.05) is 36.6 Å². The highest BCUT2D eigenvalue weighted by atomic mass is 32.1. The molecule has 7 nitrogen and oxygen atoms in total. The molecule has 3 aromatic heterocycles. The van der Waals surface area contributed by atoms with Gasteiger partial charge in [-0.1, -0.05) is 34.6 Å². The van der Waals surface area contributed by atoms with Crippen molar-refractivity contribution in [2.24, 2.45) is 17.9 Å².